The smallest absolute Gasteiger partial charge is 0.161 e. The van der Waals surface area contributed by atoms with Gasteiger partial charge in [-0.2, -0.15) is 0 Å². The van der Waals surface area contributed by atoms with Crippen LogP contribution in [-0.2, 0) is 6.54 Å². The average Bonchev–Trinajstić information content (AvgIpc) is 3.10. The minimum atomic E-state index is -0.562. The molecule has 0 spiro atoms. The summed E-state index contributed by atoms with van der Waals surface area (Å²) >= 11 is 0. The Balaban J connectivity index is 1.69. The van der Waals surface area contributed by atoms with Crippen LogP contribution in [-0.4, -0.2) is 28.4 Å². The van der Waals surface area contributed by atoms with E-state index in [1.807, 2.05) is 68.5 Å². The molecule has 0 bridgehead atoms. The summed E-state index contributed by atoms with van der Waals surface area (Å²) in [5.41, 5.74) is 3.03. The van der Waals surface area contributed by atoms with Gasteiger partial charge in [-0.25, -0.2) is 4.98 Å². The Morgan fingerprint density at radius 1 is 1.18 bits per heavy atom. The van der Waals surface area contributed by atoms with Crippen molar-refractivity contribution in [3.8, 4) is 11.5 Å². The Hall–Kier alpha value is -2.79. The number of ether oxygens (including phenoxy) is 2. The highest BCUT2D eigenvalue weighted by atomic mass is 16.5. The zero-order valence-electron chi connectivity index (χ0n) is 16.8. The summed E-state index contributed by atoms with van der Waals surface area (Å²) in [5, 5.41) is 10.3. The van der Waals surface area contributed by atoms with Gasteiger partial charge in [0.05, 0.1) is 24.8 Å². The van der Waals surface area contributed by atoms with Crippen LogP contribution in [0.5, 0.6) is 11.5 Å². The molecular formula is C23H28N2O3. The van der Waals surface area contributed by atoms with Crippen molar-refractivity contribution in [1.29, 1.82) is 0 Å². The summed E-state index contributed by atoms with van der Waals surface area (Å²) in [7, 11) is 1.65. The van der Waals surface area contributed by atoms with Crippen LogP contribution in [0, 0.1) is 0 Å². The Kier molecular flexibility index (Phi) is 6.71. The van der Waals surface area contributed by atoms with Crippen LogP contribution < -0.4 is 9.47 Å². The monoisotopic (exact) mass is 380 g/mol. The third-order valence-corrected chi connectivity index (χ3v) is 4.70. The van der Waals surface area contributed by atoms with Gasteiger partial charge in [0.25, 0.3) is 0 Å². The number of para-hydroxylation sites is 2. The highest BCUT2D eigenvalue weighted by Gasteiger charge is 2.16. The summed E-state index contributed by atoms with van der Waals surface area (Å²) in [6, 6.07) is 13.9. The molecule has 0 fully saturated rings. The number of hydrogen-bond acceptors (Lipinski definition) is 4. The van der Waals surface area contributed by atoms with E-state index in [1.165, 1.54) is 0 Å². The van der Waals surface area contributed by atoms with Gasteiger partial charge in [0, 0.05) is 6.54 Å². The van der Waals surface area contributed by atoms with Crippen LogP contribution in [0.1, 0.15) is 44.2 Å². The first kappa shape index (κ1) is 20.0. The van der Waals surface area contributed by atoms with Crippen LogP contribution >= 0.6 is 0 Å². The molecule has 2 aromatic carbocycles. The van der Waals surface area contributed by atoms with E-state index in [9.17, 15) is 5.11 Å². The molecule has 0 aliphatic heterocycles. The maximum Gasteiger partial charge on any atom is 0.161 e. The van der Waals surface area contributed by atoms with Gasteiger partial charge in [0.1, 0.15) is 11.9 Å². The summed E-state index contributed by atoms with van der Waals surface area (Å²) < 4.78 is 13.5. The van der Waals surface area contributed by atoms with Gasteiger partial charge in [-0.1, -0.05) is 37.3 Å². The average molecular weight is 380 g/mol. The number of hydrogen-bond donors (Lipinski definition) is 1. The standard InChI is InChI=1S/C23H28N2O3/c1-4-9-17-12-13-21(22(16-17)27-3)28-15-8-14-25-19-11-7-6-10-18(19)24-23(25)20(26)5-2/h4,6-7,9-13,16,20,26H,5,8,14-15H2,1-3H3/b9-4+. The Labute approximate surface area is 166 Å². The van der Waals surface area contributed by atoms with Crippen LogP contribution in [0.2, 0.25) is 0 Å². The fourth-order valence-corrected chi connectivity index (χ4v) is 3.27. The molecule has 0 aliphatic carbocycles. The molecule has 5 heteroatoms. The van der Waals surface area contributed by atoms with Crippen LogP contribution in [0.3, 0.4) is 0 Å². The minimum Gasteiger partial charge on any atom is -0.493 e. The molecule has 0 aliphatic rings. The van der Waals surface area contributed by atoms with Crippen molar-refractivity contribution < 1.29 is 14.6 Å². The van der Waals surface area contributed by atoms with Crippen LogP contribution in [0.15, 0.2) is 48.5 Å². The molecule has 0 amide bonds. The van der Waals surface area contributed by atoms with E-state index in [0.717, 1.165) is 46.9 Å². The van der Waals surface area contributed by atoms with Gasteiger partial charge >= 0.3 is 0 Å². The third-order valence-electron chi connectivity index (χ3n) is 4.70. The largest absolute Gasteiger partial charge is 0.493 e. The number of aliphatic hydroxyl groups excluding tert-OH is 1. The summed E-state index contributed by atoms with van der Waals surface area (Å²) in [6.45, 7) is 5.22. The van der Waals surface area contributed by atoms with E-state index < -0.39 is 6.10 Å². The second-order valence-corrected chi connectivity index (χ2v) is 6.65. The van der Waals surface area contributed by atoms with Crippen molar-refractivity contribution in [1.82, 2.24) is 9.55 Å². The fourth-order valence-electron chi connectivity index (χ4n) is 3.27. The van der Waals surface area contributed by atoms with Gasteiger partial charge in [-0.05, 0) is 49.6 Å². The number of aryl methyl sites for hydroxylation is 1. The molecule has 1 heterocycles. The number of rotatable bonds is 9. The van der Waals surface area contributed by atoms with Crippen molar-refractivity contribution >= 4 is 17.1 Å². The van der Waals surface area contributed by atoms with E-state index in [0.29, 0.717) is 13.0 Å². The molecule has 28 heavy (non-hydrogen) atoms. The zero-order valence-corrected chi connectivity index (χ0v) is 16.8. The van der Waals surface area contributed by atoms with E-state index in [4.69, 9.17) is 9.47 Å². The molecule has 0 saturated heterocycles. The van der Waals surface area contributed by atoms with Crippen LogP contribution in [0.4, 0.5) is 0 Å². The first-order valence-electron chi connectivity index (χ1n) is 9.74. The number of nitrogens with zero attached hydrogens (tertiary/aromatic N) is 2. The Bertz CT molecular complexity index is 946. The number of aromatic nitrogens is 2. The minimum absolute atomic E-state index is 0.549. The maximum absolute atomic E-state index is 10.3. The van der Waals surface area contributed by atoms with Gasteiger partial charge in [0.15, 0.2) is 11.5 Å². The normalized spacial score (nSPS) is 12.6. The highest BCUT2D eigenvalue weighted by Crippen LogP contribution is 2.29. The topological polar surface area (TPSA) is 56.5 Å². The molecule has 1 unspecified atom stereocenters. The second-order valence-electron chi connectivity index (χ2n) is 6.65. The molecular weight excluding hydrogens is 352 g/mol. The SMILES string of the molecule is C/C=C/c1ccc(OCCCn2c(C(O)CC)nc3ccccc32)c(OC)c1. The van der Waals surface area contributed by atoms with Crippen molar-refractivity contribution in [2.24, 2.45) is 0 Å². The lowest BCUT2D eigenvalue weighted by atomic mass is 10.2. The molecule has 3 rings (SSSR count). The molecule has 148 valence electrons. The van der Waals surface area contributed by atoms with Gasteiger partial charge in [0.2, 0.25) is 0 Å². The molecule has 1 atom stereocenters. The summed E-state index contributed by atoms with van der Waals surface area (Å²) in [5.74, 6) is 2.18. The van der Waals surface area contributed by atoms with Gasteiger partial charge in [-0.15, -0.1) is 0 Å². The Morgan fingerprint density at radius 3 is 2.75 bits per heavy atom. The van der Waals surface area contributed by atoms with E-state index in [-0.39, 0.29) is 0 Å². The quantitative estimate of drug-likeness (QED) is 0.531. The lowest BCUT2D eigenvalue weighted by Crippen LogP contribution is -2.11. The zero-order chi connectivity index (χ0) is 19.9. The number of fused-ring (bicyclic) bond motifs is 1. The molecule has 1 N–H and O–H groups in total. The number of imidazole rings is 1. The predicted molar refractivity (Wildman–Crippen MR) is 113 cm³/mol. The van der Waals surface area contributed by atoms with Crippen molar-refractivity contribution in [3.63, 3.8) is 0 Å². The van der Waals surface area contributed by atoms with E-state index >= 15 is 0 Å². The maximum atomic E-state index is 10.3. The number of aliphatic hydroxyl groups is 1. The summed E-state index contributed by atoms with van der Waals surface area (Å²) in [6.07, 6.45) is 4.89. The van der Waals surface area contributed by atoms with E-state index in [2.05, 4.69) is 9.55 Å². The second kappa shape index (κ2) is 9.42. The predicted octanol–water partition coefficient (Wildman–Crippen LogP) is 4.99. The van der Waals surface area contributed by atoms with Gasteiger partial charge < -0.3 is 19.1 Å². The Morgan fingerprint density at radius 2 is 2.00 bits per heavy atom. The van der Waals surface area contributed by atoms with Crippen LogP contribution in [0.25, 0.3) is 17.1 Å². The molecule has 5 nitrogen and oxygen atoms in total. The van der Waals surface area contributed by atoms with Crippen molar-refractivity contribution in [2.75, 3.05) is 13.7 Å². The van der Waals surface area contributed by atoms with Crippen molar-refractivity contribution in [2.45, 2.75) is 39.3 Å². The van der Waals surface area contributed by atoms with Gasteiger partial charge in [-0.3, -0.25) is 0 Å². The molecule has 1 aromatic heterocycles. The highest BCUT2D eigenvalue weighted by molar-refractivity contribution is 5.76. The lowest BCUT2D eigenvalue weighted by Gasteiger charge is -2.14. The molecule has 0 saturated carbocycles. The number of methoxy groups -OCH3 is 1. The van der Waals surface area contributed by atoms with Crippen molar-refractivity contribution in [3.05, 3.63) is 59.9 Å². The molecule has 3 aromatic rings. The molecule has 0 radical (unpaired) electrons. The number of allylic oxidation sites excluding steroid dienone is 1. The third kappa shape index (κ3) is 4.37. The first-order valence-corrected chi connectivity index (χ1v) is 9.74. The lowest BCUT2D eigenvalue weighted by molar-refractivity contribution is 0.158. The number of benzene rings is 2. The fraction of sp³-hybridized carbons (Fsp3) is 0.348. The van der Waals surface area contributed by atoms with E-state index in [1.54, 1.807) is 7.11 Å². The first-order chi connectivity index (χ1) is 13.7. The summed E-state index contributed by atoms with van der Waals surface area (Å²) in [4.78, 5) is 4.62.